The van der Waals surface area contributed by atoms with Crippen LogP contribution in [-0.2, 0) is 0 Å². The summed E-state index contributed by atoms with van der Waals surface area (Å²) in [4.78, 5) is 16.1. The largest absolute Gasteiger partial charge is 0.456 e. The van der Waals surface area contributed by atoms with E-state index in [1.807, 2.05) is 36.4 Å². The number of aromatic nitrogens is 3. The van der Waals surface area contributed by atoms with Crippen molar-refractivity contribution in [3.05, 3.63) is 200 Å². The number of furan rings is 1. The minimum Gasteiger partial charge on any atom is -0.456 e. The van der Waals surface area contributed by atoms with Crippen molar-refractivity contribution in [3.8, 4) is 67.4 Å². The molecule has 0 aliphatic carbocycles. The summed E-state index contributed by atoms with van der Waals surface area (Å²) >= 11 is 0. The van der Waals surface area contributed by atoms with Crippen LogP contribution in [-0.4, -0.2) is 15.0 Å². The Labute approximate surface area is 329 Å². The standard InChI is InChI=1S/C53H33N3O/c1-5-18-34(19-6-1)46-48-40-28-13-15-30-43(40)54-50(42(48)33-45-49(46)41-29-14-16-31-44(41)57-45)39-27-17-26-38(32-39)47-51(35-20-7-2-8-21-35)55-53(37-24-11-4-12-25-37)56-52(47)36-22-9-3-10-23-36/h1-33H. The number of para-hydroxylation sites is 2. The van der Waals surface area contributed by atoms with Gasteiger partial charge in [0.25, 0.3) is 0 Å². The van der Waals surface area contributed by atoms with Gasteiger partial charge in [0.05, 0.1) is 22.6 Å². The number of rotatable bonds is 6. The van der Waals surface area contributed by atoms with Crippen molar-refractivity contribution in [3.63, 3.8) is 0 Å². The molecule has 266 valence electrons. The van der Waals surface area contributed by atoms with Crippen molar-refractivity contribution in [2.75, 3.05) is 0 Å². The van der Waals surface area contributed by atoms with Gasteiger partial charge in [-0.2, -0.15) is 0 Å². The summed E-state index contributed by atoms with van der Waals surface area (Å²) in [6.45, 7) is 0. The molecule has 8 aromatic carbocycles. The van der Waals surface area contributed by atoms with Crippen LogP contribution in [0.1, 0.15) is 0 Å². The maximum absolute atomic E-state index is 6.65. The number of benzene rings is 8. The molecule has 4 nitrogen and oxygen atoms in total. The quantitative estimate of drug-likeness (QED) is 0.160. The van der Waals surface area contributed by atoms with Crippen LogP contribution in [0.3, 0.4) is 0 Å². The Morgan fingerprint density at radius 1 is 0.298 bits per heavy atom. The van der Waals surface area contributed by atoms with Crippen LogP contribution in [0.5, 0.6) is 0 Å². The van der Waals surface area contributed by atoms with Gasteiger partial charge in [-0.05, 0) is 35.4 Å². The monoisotopic (exact) mass is 727 g/mol. The number of hydrogen-bond acceptors (Lipinski definition) is 4. The minimum atomic E-state index is 0.679. The fourth-order valence-corrected chi connectivity index (χ4v) is 8.31. The topological polar surface area (TPSA) is 51.8 Å². The van der Waals surface area contributed by atoms with Gasteiger partial charge < -0.3 is 4.42 Å². The Balaban J connectivity index is 1.23. The average molecular weight is 728 g/mol. The lowest BCUT2D eigenvalue weighted by molar-refractivity contribution is 0.669. The normalized spacial score (nSPS) is 11.5. The molecule has 11 aromatic rings. The molecule has 0 spiro atoms. The average Bonchev–Trinajstić information content (AvgIpc) is 3.67. The van der Waals surface area contributed by atoms with Gasteiger partial charge in [0, 0.05) is 60.3 Å². The summed E-state index contributed by atoms with van der Waals surface area (Å²) in [5.41, 5.74) is 13.5. The Kier molecular flexibility index (Phi) is 7.78. The van der Waals surface area contributed by atoms with Crippen molar-refractivity contribution < 1.29 is 4.42 Å². The van der Waals surface area contributed by atoms with Crippen molar-refractivity contribution >= 4 is 43.6 Å². The van der Waals surface area contributed by atoms with Crippen LogP contribution in [0.15, 0.2) is 205 Å². The highest BCUT2D eigenvalue weighted by molar-refractivity contribution is 6.27. The first kappa shape index (κ1) is 32.7. The van der Waals surface area contributed by atoms with E-state index in [1.165, 1.54) is 0 Å². The molecule has 11 rings (SSSR count). The van der Waals surface area contributed by atoms with Crippen molar-refractivity contribution in [1.29, 1.82) is 0 Å². The van der Waals surface area contributed by atoms with Crippen LogP contribution < -0.4 is 0 Å². The third kappa shape index (κ3) is 5.58. The van der Waals surface area contributed by atoms with Gasteiger partial charge in [0.2, 0.25) is 0 Å². The summed E-state index contributed by atoms with van der Waals surface area (Å²) < 4.78 is 6.65. The van der Waals surface area contributed by atoms with Crippen LogP contribution in [0.2, 0.25) is 0 Å². The smallest absolute Gasteiger partial charge is 0.160 e. The van der Waals surface area contributed by atoms with Crippen molar-refractivity contribution in [2.24, 2.45) is 0 Å². The van der Waals surface area contributed by atoms with E-state index in [0.717, 1.165) is 105 Å². The predicted octanol–water partition coefficient (Wildman–Crippen LogP) is 14.1. The lowest BCUT2D eigenvalue weighted by atomic mass is 9.88. The first-order valence-corrected chi connectivity index (χ1v) is 19.2. The second-order valence-corrected chi connectivity index (χ2v) is 14.3. The lowest BCUT2D eigenvalue weighted by Crippen LogP contribution is -2.01. The fraction of sp³-hybridized carbons (Fsp3) is 0. The van der Waals surface area contributed by atoms with Crippen LogP contribution >= 0.6 is 0 Å². The molecule has 0 aliphatic heterocycles. The van der Waals surface area contributed by atoms with E-state index < -0.39 is 0 Å². The Bertz CT molecular complexity index is 3210. The van der Waals surface area contributed by atoms with Crippen LogP contribution in [0, 0.1) is 0 Å². The molecule has 3 heterocycles. The molecule has 0 saturated carbocycles. The maximum atomic E-state index is 6.65. The van der Waals surface area contributed by atoms with E-state index in [2.05, 4.69) is 164 Å². The highest BCUT2D eigenvalue weighted by Gasteiger charge is 2.24. The zero-order valence-electron chi connectivity index (χ0n) is 30.8. The zero-order chi connectivity index (χ0) is 37.7. The van der Waals surface area contributed by atoms with Gasteiger partial charge in [-0.25, -0.2) is 15.0 Å². The second kappa shape index (κ2) is 13.6. The van der Waals surface area contributed by atoms with E-state index in [1.54, 1.807) is 0 Å². The number of pyridine rings is 1. The van der Waals surface area contributed by atoms with Crippen molar-refractivity contribution in [2.45, 2.75) is 0 Å². The number of fused-ring (bicyclic) bond motifs is 6. The summed E-state index contributed by atoms with van der Waals surface area (Å²) in [5, 5.41) is 5.48. The van der Waals surface area contributed by atoms with Crippen molar-refractivity contribution in [1.82, 2.24) is 15.0 Å². The third-order valence-electron chi connectivity index (χ3n) is 10.9. The van der Waals surface area contributed by atoms with Gasteiger partial charge in [-0.15, -0.1) is 0 Å². The molecule has 0 radical (unpaired) electrons. The first-order chi connectivity index (χ1) is 28.3. The molecule has 0 fully saturated rings. The van der Waals surface area contributed by atoms with Gasteiger partial charge in [-0.3, -0.25) is 0 Å². The molecule has 3 aromatic heterocycles. The molecule has 0 bridgehead atoms. The number of hydrogen-bond donors (Lipinski definition) is 0. The van der Waals surface area contributed by atoms with Crippen LogP contribution in [0.4, 0.5) is 0 Å². The molecule has 0 aliphatic rings. The summed E-state index contributed by atoms with van der Waals surface area (Å²) in [6.07, 6.45) is 0. The van der Waals surface area contributed by atoms with Gasteiger partial charge in [0.15, 0.2) is 5.82 Å². The minimum absolute atomic E-state index is 0.679. The van der Waals surface area contributed by atoms with Gasteiger partial charge in [-0.1, -0.05) is 176 Å². The third-order valence-corrected chi connectivity index (χ3v) is 10.9. The predicted molar refractivity (Wildman–Crippen MR) is 235 cm³/mol. The molecule has 4 heteroatoms. The van der Waals surface area contributed by atoms with E-state index in [4.69, 9.17) is 19.4 Å². The summed E-state index contributed by atoms with van der Waals surface area (Å²) in [6, 6.07) is 69.4. The molecule has 0 atom stereocenters. The van der Waals surface area contributed by atoms with Crippen LogP contribution in [0.25, 0.3) is 111 Å². The summed E-state index contributed by atoms with van der Waals surface area (Å²) in [7, 11) is 0. The highest BCUT2D eigenvalue weighted by atomic mass is 16.3. The Morgan fingerprint density at radius 2 is 0.825 bits per heavy atom. The maximum Gasteiger partial charge on any atom is 0.160 e. The molecule has 0 N–H and O–H groups in total. The first-order valence-electron chi connectivity index (χ1n) is 19.2. The SMILES string of the molecule is c1ccc(-c2nc(-c3ccccc3)c(-c3cccc(-c4nc5ccccc5c5c(-c6ccccc6)c6c(cc45)oc4ccccc46)c3)c(-c3ccccc3)n2)cc1. The fourth-order valence-electron chi connectivity index (χ4n) is 8.31. The zero-order valence-corrected chi connectivity index (χ0v) is 30.8. The Hall–Kier alpha value is -7.69. The van der Waals surface area contributed by atoms with E-state index >= 15 is 0 Å². The lowest BCUT2D eigenvalue weighted by Gasteiger charge is -2.18. The Morgan fingerprint density at radius 3 is 1.49 bits per heavy atom. The van der Waals surface area contributed by atoms with Gasteiger partial charge >= 0.3 is 0 Å². The summed E-state index contributed by atoms with van der Waals surface area (Å²) in [5.74, 6) is 0.679. The molecule has 0 unspecified atom stereocenters. The van der Waals surface area contributed by atoms with Gasteiger partial charge in [0.1, 0.15) is 11.2 Å². The second-order valence-electron chi connectivity index (χ2n) is 14.3. The molecular weight excluding hydrogens is 695 g/mol. The van der Waals surface area contributed by atoms with E-state index in [-0.39, 0.29) is 0 Å². The number of nitrogens with zero attached hydrogens (tertiary/aromatic N) is 3. The van der Waals surface area contributed by atoms with E-state index in [0.29, 0.717) is 5.82 Å². The molecule has 57 heavy (non-hydrogen) atoms. The van der Waals surface area contributed by atoms with E-state index in [9.17, 15) is 0 Å². The molecule has 0 saturated heterocycles. The molecular formula is C53H33N3O. The highest BCUT2D eigenvalue weighted by Crippen LogP contribution is 2.47. The molecule has 0 amide bonds.